The standard InChI is InChI=1S/C10H8F4N2O4/c1-5-7(15(17)18)3-6(4-8(5)16(19)20)9(2,11)10(12,13)14/h3-4H,1-2H3. The molecule has 1 atom stereocenters. The molecule has 20 heavy (non-hydrogen) atoms. The van der Waals surface area contributed by atoms with E-state index in [1.807, 2.05) is 0 Å². The van der Waals surface area contributed by atoms with Crippen LogP contribution in [0.5, 0.6) is 0 Å². The van der Waals surface area contributed by atoms with Crippen LogP contribution in [0.15, 0.2) is 12.1 Å². The fraction of sp³-hybridized carbons (Fsp3) is 0.400. The predicted molar refractivity (Wildman–Crippen MR) is 59.0 cm³/mol. The number of hydrogen-bond acceptors (Lipinski definition) is 4. The van der Waals surface area contributed by atoms with Gasteiger partial charge in [-0.3, -0.25) is 20.2 Å². The summed E-state index contributed by atoms with van der Waals surface area (Å²) in [5.74, 6) is 0. The lowest BCUT2D eigenvalue weighted by Gasteiger charge is -2.23. The van der Waals surface area contributed by atoms with E-state index in [-0.39, 0.29) is 6.92 Å². The Hall–Kier alpha value is -2.26. The monoisotopic (exact) mass is 296 g/mol. The molecule has 0 amide bonds. The third-order valence-corrected chi connectivity index (χ3v) is 2.82. The van der Waals surface area contributed by atoms with E-state index in [1.165, 1.54) is 0 Å². The average molecular weight is 296 g/mol. The number of benzene rings is 1. The number of nitrogens with zero attached hydrogens (tertiary/aromatic N) is 2. The van der Waals surface area contributed by atoms with Crippen LogP contribution < -0.4 is 0 Å². The largest absolute Gasteiger partial charge is 0.426 e. The van der Waals surface area contributed by atoms with Gasteiger partial charge in [0, 0.05) is 17.7 Å². The minimum atomic E-state index is -5.36. The van der Waals surface area contributed by atoms with Crippen molar-refractivity contribution in [3.05, 3.63) is 43.5 Å². The van der Waals surface area contributed by atoms with Crippen LogP contribution in [-0.4, -0.2) is 16.0 Å². The van der Waals surface area contributed by atoms with Gasteiger partial charge >= 0.3 is 6.18 Å². The van der Waals surface area contributed by atoms with E-state index in [9.17, 15) is 37.8 Å². The molecule has 1 unspecified atom stereocenters. The van der Waals surface area contributed by atoms with Crippen molar-refractivity contribution in [2.45, 2.75) is 25.7 Å². The van der Waals surface area contributed by atoms with Gasteiger partial charge in [0.2, 0.25) is 5.67 Å². The van der Waals surface area contributed by atoms with Gasteiger partial charge in [0.1, 0.15) is 5.56 Å². The van der Waals surface area contributed by atoms with Gasteiger partial charge in [-0.15, -0.1) is 0 Å². The molecular weight excluding hydrogens is 288 g/mol. The molecule has 0 aliphatic carbocycles. The van der Waals surface area contributed by atoms with Crippen LogP contribution in [0.25, 0.3) is 0 Å². The number of hydrogen-bond donors (Lipinski definition) is 0. The van der Waals surface area contributed by atoms with E-state index in [2.05, 4.69) is 0 Å². The molecule has 0 saturated carbocycles. The van der Waals surface area contributed by atoms with Crippen LogP contribution >= 0.6 is 0 Å². The van der Waals surface area contributed by atoms with Crippen molar-refractivity contribution < 1.29 is 27.4 Å². The Kier molecular flexibility index (Phi) is 3.70. The number of halogens is 4. The highest BCUT2D eigenvalue weighted by atomic mass is 19.4. The minimum Gasteiger partial charge on any atom is -0.258 e. The van der Waals surface area contributed by atoms with E-state index >= 15 is 0 Å². The van der Waals surface area contributed by atoms with Crippen molar-refractivity contribution in [2.75, 3.05) is 0 Å². The molecule has 10 heteroatoms. The Labute approximate surface area is 109 Å². The van der Waals surface area contributed by atoms with Crippen molar-refractivity contribution in [3.63, 3.8) is 0 Å². The third-order valence-electron chi connectivity index (χ3n) is 2.82. The van der Waals surface area contributed by atoms with E-state index in [1.54, 1.807) is 0 Å². The molecule has 1 aromatic rings. The van der Waals surface area contributed by atoms with Crippen LogP contribution in [0.4, 0.5) is 28.9 Å². The molecule has 0 aliphatic rings. The molecule has 0 spiro atoms. The van der Waals surface area contributed by atoms with Crippen molar-refractivity contribution >= 4 is 11.4 Å². The van der Waals surface area contributed by atoms with Crippen LogP contribution in [-0.2, 0) is 5.67 Å². The van der Waals surface area contributed by atoms with E-state index in [4.69, 9.17) is 0 Å². The van der Waals surface area contributed by atoms with Gasteiger partial charge in [0.05, 0.1) is 9.85 Å². The molecule has 0 heterocycles. The van der Waals surface area contributed by atoms with Crippen molar-refractivity contribution in [3.8, 4) is 0 Å². The van der Waals surface area contributed by atoms with Crippen LogP contribution in [0.3, 0.4) is 0 Å². The summed E-state index contributed by atoms with van der Waals surface area (Å²) in [6, 6.07) is 0.714. The summed E-state index contributed by atoms with van der Waals surface area (Å²) in [5, 5.41) is 21.4. The zero-order valence-corrected chi connectivity index (χ0v) is 10.2. The van der Waals surface area contributed by atoms with Gasteiger partial charge in [-0.1, -0.05) is 0 Å². The summed E-state index contributed by atoms with van der Waals surface area (Å²) < 4.78 is 51.5. The first-order valence-electron chi connectivity index (χ1n) is 5.09. The third kappa shape index (κ3) is 2.53. The fourth-order valence-corrected chi connectivity index (χ4v) is 1.50. The summed E-state index contributed by atoms with van der Waals surface area (Å²) in [6.45, 7) is 1.15. The Morgan fingerprint density at radius 3 is 1.60 bits per heavy atom. The molecule has 0 radical (unpaired) electrons. The average Bonchev–Trinajstić information content (AvgIpc) is 2.26. The summed E-state index contributed by atoms with van der Waals surface area (Å²) >= 11 is 0. The highest BCUT2D eigenvalue weighted by molar-refractivity contribution is 5.56. The topological polar surface area (TPSA) is 86.3 Å². The SMILES string of the molecule is Cc1c([N+](=O)[O-])cc(C(C)(F)C(F)(F)F)cc1[N+](=O)[O-]. The minimum absolute atomic E-state index is 0.144. The van der Waals surface area contributed by atoms with Crippen LogP contribution in [0.1, 0.15) is 18.1 Å². The first kappa shape index (κ1) is 15.8. The Bertz CT molecular complexity index is 548. The smallest absolute Gasteiger partial charge is 0.258 e. The lowest BCUT2D eigenvalue weighted by Crippen LogP contribution is -2.35. The maximum Gasteiger partial charge on any atom is 0.426 e. The molecule has 6 nitrogen and oxygen atoms in total. The van der Waals surface area contributed by atoms with Gasteiger partial charge in [0.25, 0.3) is 11.4 Å². The van der Waals surface area contributed by atoms with E-state index in [0.717, 1.165) is 6.92 Å². The quantitative estimate of drug-likeness (QED) is 0.485. The van der Waals surface area contributed by atoms with Crippen LogP contribution in [0, 0.1) is 27.2 Å². The van der Waals surface area contributed by atoms with Gasteiger partial charge in [-0.2, -0.15) is 13.2 Å². The van der Waals surface area contributed by atoms with E-state index < -0.39 is 44.2 Å². The number of alkyl halides is 4. The lowest BCUT2D eigenvalue weighted by molar-refractivity contribution is -0.395. The normalized spacial score (nSPS) is 14.7. The summed E-state index contributed by atoms with van der Waals surface area (Å²) in [6.07, 6.45) is -5.36. The summed E-state index contributed by atoms with van der Waals surface area (Å²) in [5.41, 5.74) is -7.45. The molecule has 1 rings (SSSR count). The molecule has 0 fully saturated rings. The second-order valence-electron chi connectivity index (χ2n) is 4.15. The lowest BCUT2D eigenvalue weighted by atomic mass is 9.94. The Balaban J connectivity index is 3.67. The highest BCUT2D eigenvalue weighted by Crippen LogP contribution is 2.45. The molecule has 0 bridgehead atoms. The van der Waals surface area contributed by atoms with Crippen molar-refractivity contribution in [1.82, 2.24) is 0 Å². The van der Waals surface area contributed by atoms with Gasteiger partial charge < -0.3 is 0 Å². The highest BCUT2D eigenvalue weighted by Gasteiger charge is 2.54. The second kappa shape index (κ2) is 4.69. The van der Waals surface area contributed by atoms with Crippen molar-refractivity contribution in [2.24, 2.45) is 0 Å². The molecule has 110 valence electrons. The fourth-order valence-electron chi connectivity index (χ4n) is 1.50. The van der Waals surface area contributed by atoms with Gasteiger partial charge in [-0.25, -0.2) is 4.39 Å². The number of nitro groups is 2. The van der Waals surface area contributed by atoms with Crippen LogP contribution in [0.2, 0.25) is 0 Å². The zero-order chi connectivity index (χ0) is 15.9. The maximum absolute atomic E-state index is 13.8. The summed E-state index contributed by atoms with van der Waals surface area (Å²) in [4.78, 5) is 19.2. The number of nitro benzene ring substituents is 2. The predicted octanol–water partition coefficient (Wildman–Crippen LogP) is 3.56. The first-order valence-corrected chi connectivity index (χ1v) is 5.09. The maximum atomic E-state index is 13.8. The van der Waals surface area contributed by atoms with E-state index in [0.29, 0.717) is 12.1 Å². The second-order valence-corrected chi connectivity index (χ2v) is 4.15. The Morgan fingerprint density at radius 2 is 1.35 bits per heavy atom. The molecule has 0 N–H and O–H groups in total. The van der Waals surface area contributed by atoms with Gasteiger partial charge in [0.15, 0.2) is 0 Å². The molecule has 0 aromatic heterocycles. The summed E-state index contributed by atoms with van der Waals surface area (Å²) in [7, 11) is 0. The first-order chi connectivity index (χ1) is 8.89. The van der Waals surface area contributed by atoms with Crippen molar-refractivity contribution in [1.29, 1.82) is 0 Å². The molecule has 0 saturated heterocycles. The Morgan fingerprint density at radius 1 is 1.00 bits per heavy atom. The molecule has 0 aliphatic heterocycles. The zero-order valence-electron chi connectivity index (χ0n) is 10.2. The molecular formula is C10H8F4N2O4. The molecule has 1 aromatic carbocycles. The number of rotatable bonds is 3. The van der Waals surface area contributed by atoms with Gasteiger partial charge in [-0.05, 0) is 13.8 Å².